The molecule has 0 unspecified atom stereocenters. The van der Waals surface area contributed by atoms with Crippen LogP contribution in [0.25, 0.3) is 16.9 Å². The van der Waals surface area contributed by atoms with Gasteiger partial charge in [0.15, 0.2) is 0 Å². The second kappa shape index (κ2) is 3.20. The summed E-state index contributed by atoms with van der Waals surface area (Å²) in [6, 6.07) is 6.70. The molecule has 1 aliphatic carbocycles. The zero-order chi connectivity index (χ0) is 11.2. The van der Waals surface area contributed by atoms with Gasteiger partial charge in [-0.3, -0.25) is 4.68 Å². The average molecular weight is 224 g/mol. The molecule has 0 bridgehead atoms. The molecule has 0 aliphatic heterocycles. The van der Waals surface area contributed by atoms with Crippen LogP contribution in [0.3, 0.4) is 0 Å². The first-order valence-corrected chi connectivity index (χ1v) is 5.88. The van der Waals surface area contributed by atoms with Gasteiger partial charge in [0.2, 0.25) is 0 Å². The Kier molecular flexibility index (Phi) is 1.69. The number of rotatable bonds is 2. The van der Waals surface area contributed by atoms with Gasteiger partial charge >= 0.3 is 0 Å². The summed E-state index contributed by atoms with van der Waals surface area (Å²) in [5.74, 6) is 0. The molecule has 3 heterocycles. The molecule has 1 aliphatic rings. The van der Waals surface area contributed by atoms with Gasteiger partial charge in [-0.25, -0.2) is 4.98 Å². The predicted molar refractivity (Wildman–Crippen MR) is 64.7 cm³/mol. The van der Waals surface area contributed by atoms with Gasteiger partial charge in [0.25, 0.3) is 0 Å². The molecule has 0 N–H and O–H groups in total. The van der Waals surface area contributed by atoms with Crippen molar-refractivity contribution < 1.29 is 0 Å². The lowest BCUT2D eigenvalue weighted by Gasteiger charge is -1.98. The number of aromatic nitrogens is 4. The summed E-state index contributed by atoms with van der Waals surface area (Å²) in [6.45, 7) is 0. The van der Waals surface area contributed by atoms with E-state index in [1.807, 2.05) is 30.7 Å². The zero-order valence-corrected chi connectivity index (χ0v) is 9.32. The Morgan fingerprint density at radius 1 is 1.24 bits per heavy atom. The topological polar surface area (TPSA) is 35.1 Å². The van der Waals surface area contributed by atoms with E-state index in [1.54, 1.807) is 0 Å². The Morgan fingerprint density at radius 3 is 3.06 bits per heavy atom. The smallest absolute Gasteiger partial charge is 0.137 e. The molecule has 84 valence electrons. The molecule has 1 fully saturated rings. The fourth-order valence-electron chi connectivity index (χ4n) is 2.19. The third-order valence-electron chi connectivity index (χ3n) is 3.24. The van der Waals surface area contributed by atoms with Crippen LogP contribution in [0.2, 0.25) is 0 Å². The highest BCUT2D eigenvalue weighted by atomic mass is 15.3. The third kappa shape index (κ3) is 1.37. The Balaban J connectivity index is 1.86. The summed E-state index contributed by atoms with van der Waals surface area (Å²) in [5, 5.41) is 4.42. The lowest BCUT2D eigenvalue weighted by molar-refractivity contribution is 0.642. The molecule has 4 heteroatoms. The van der Waals surface area contributed by atoms with Gasteiger partial charge in [-0.1, -0.05) is 0 Å². The third-order valence-corrected chi connectivity index (χ3v) is 3.24. The number of hydrogen-bond donors (Lipinski definition) is 0. The van der Waals surface area contributed by atoms with Gasteiger partial charge in [0.1, 0.15) is 5.65 Å². The summed E-state index contributed by atoms with van der Waals surface area (Å²) in [5.41, 5.74) is 3.28. The van der Waals surface area contributed by atoms with Crippen LogP contribution in [0, 0.1) is 0 Å². The first kappa shape index (κ1) is 8.98. The van der Waals surface area contributed by atoms with Gasteiger partial charge < -0.3 is 4.40 Å². The Labute approximate surface area is 98.5 Å². The van der Waals surface area contributed by atoms with E-state index in [2.05, 4.69) is 31.4 Å². The van der Waals surface area contributed by atoms with Crippen LogP contribution in [-0.4, -0.2) is 19.2 Å². The van der Waals surface area contributed by atoms with Crippen LogP contribution in [0.5, 0.6) is 0 Å². The minimum Gasteiger partial charge on any atom is -0.301 e. The molecule has 0 spiro atoms. The molecule has 3 aromatic heterocycles. The SMILES string of the molecule is c1cnc2ccc(-c3cnn(C4CC4)c3)n2c1. The average Bonchev–Trinajstić information content (AvgIpc) is 2.95. The van der Waals surface area contributed by atoms with Gasteiger partial charge in [0, 0.05) is 24.2 Å². The second-order valence-electron chi connectivity index (χ2n) is 4.51. The lowest BCUT2D eigenvalue weighted by atomic mass is 10.2. The van der Waals surface area contributed by atoms with Crippen molar-refractivity contribution in [3.63, 3.8) is 0 Å². The molecule has 0 saturated heterocycles. The van der Waals surface area contributed by atoms with Crippen LogP contribution in [-0.2, 0) is 0 Å². The molecule has 3 aromatic rings. The monoisotopic (exact) mass is 224 g/mol. The molecule has 0 aromatic carbocycles. The van der Waals surface area contributed by atoms with E-state index in [4.69, 9.17) is 0 Å². The Morgan fingerprint density at radius 2 is 2.18 bits per heavy atom. The Hall–Kier alpha value is -2.10. The maximum atomic E-state index is 4.42. The van der Waals surface area contributed by atoms with E-state index in [0.717, 1.165) is 16.9 Å². The summed E-state index contributed by atoms with van der Waals surface area (Å²) >= 11 is 0. The molecular formula is C13H12N4. The highest BCUT2D eigenvalue weighted by Crippen LogP contribution is 2.35. The van der Waals surface area contributed by atoms with Gasteiger partial charge in [0.05, 0.1) is 17.9 Å². The van der Waals surface area contributed by atoms with Crippen molar-refractivity contribution in [3.05, 3.63) is 43.0 Å². The van der Waals surface area contributed by atoms with E-state index < -0.39 is 0 Å². The summed E-state index contributed by atoms with van der Waals surface area (Å²) in [6.07, 6.45) is 10.4. The minimum atomic E-state index is 0.633. The first-order valence-electron chi connectivity index (χ1n) is 5.88. The molecule has 1 saturated carbocycles. The molecule has 4 rings (SSSR count). The quantitative estimate of drug-likeness (QED) is 0.670. The van der Waals surface area contributed by atoms with Gasteiger partial charge in [-0.05, 0) is 31.0 Å². The summed E-state index contributed by atoms with van der Waals surface area (Å²) < 4.78 is 4.17. The second-order valence-corrected chi connectivity index (χ2v) is 4.51. The lowest BCUT2D eigenvalue weighted by Crippen LogP contribution is -1.92. The zero-order valence-electron chi connectivity index (χ0n) is 9.32. The summed E-state index contributed by atoms with van der Waals surface area (Å²) in [4.78, 5) is 4.32. The van der Waals surface area contributed by atoms with Crippen molar-refractivity contribution >= 4 is 5.65 Å². The fraction of sp³-hybridized carbons (Fsp3) is 0.231. The van der Waals surface area contributed by atoms with Crippen molar-refractivity contribution in [3.8, 4) is 11.3 Å². The van der Waals surface area contributed by atoms with E-state index in [1.165, 1.54) is 12.8 Å². The highest BCUT2D eigenvalue weighted by molar-refractivity contribution is 5.64. The Bertz CT molecular complexity index is 675. The molecule has 0 radical (unpaired) electrons. The highest BCUT2D eigenvalue weighted by Gasteiger charge is 2.24. The molecule has 0 amide bonds. The predicted octanol–water partition coefficient (Wildman–Crippen LogP) is 2.53. The van der Waals surface area contributed by atoms with Crippen LogP contribution < -0.4 is 0 Å². The standard InChI is InChI=1S/C13H12N4/c1-6-14-13-5-4-12(16(13)7-1)10-8-15-17(9-10)11-2-3-11/h1,4-9,11H,2-3H2. The molecule has 17 heavy (non-hydrogen) atoms. The van der Waals surface area contributed by atoms with Crippen molar-refractivity contribution in [2.45, 2.75) is 18.9 Å². The number of nitrogens with zero attached hydrogens (tertiary/aromatic N) is 4. The van der Waals surface area contributed by atoms with Gasteiger partial charge in [-0.15, -0.1) is 0 Å². The number of fused-ring (bicyclic) bond motifs is 1. The van der Waals surface area contributed by atoms with Crippen molar-refractivity contribution in [1.29, 1.82) is 0 Å². The maximum Gasteiger partial charge on any atom is 0.137 e. The summed E-state index contributed by atoms with van der Waals surface area (Å²) in [7, 11) is 0. The van der Waals surface area contributed by atoms with Crippen LogP contribution in [0.4, 0.5) is 0 Å². The maximum absolute atomic E-state index is 4.42. The van der Waals surface area contributed by atoms with Crippen LogP contribution >= 0.6 is 0 Å². The van der Waals surface area contributed by atoms with E-state index >= 15 is 0 Å². The van der Waals surface area contributed by atoms with E-state index in [-0.39, 0.29) is 0 Å². The molecular weight excluding hydrogens is 212 g/mol. The first-order chi connectivity index (χ1) is 8.42. The largest absolute Gasteiger partial charge is 0.301 e. The normalized spacial score (nSPS) is 15.5. The fourth-order valence-corrected chi connectivity index (χ4v) is 2.19. The van der Waals surface area contributed by atoms with Crippen LogP contribution in [0.1, 0.15) is 18.9 Å². The number of hydrogen-bond acceptors (Lipinski definition) is 2. The van der Waals surface area contributed by atoms with E-state index in [0.29, 0.717) is 6.04 Å². The molecule has 0 atom stereocenters. The van der Waals surface area contributed by atoms with Crippen molar-refractivity contribution in [2.75, 3.05) is 0 Å². The molecule has 4 nitrogen and oxygen atoms in total. The van der Waals surface area contributed by atoms with Crippen molar-refractivity contribution in [2.24, 2.45) is 0 Å². The van der Waals surface area contributed by atoms with Crippen LogP contribution in [0.15, 0.2) is 43.0 Å². The van der Waals surface area contributed by atoms with Crippen molar-refractivity contribution in [1.82, 2.24) is 19.2 Å². The minimum absolute atomic E-state index is 0.633. The van der Waals surface area contributed by atoms with Gasteiger partial charge in [-0.2, -0.15) is 5.10 Å². The van der Waals surface area contributed by atoms with E-state index in [9.17, 15) is 0 Å².